The summed E-state index contributed by atoms with van der Waals surface area (Å²) in [5, 5.41) is 0. The average molecular weight is 238 g/mol. The lowest BCUT2D eigenvalue weighted by atomic mass is 9.93. The molecule has 3 aliphatic rings. The second-order valence-corrected chi connectivity index (χ2v) is 4.00. The van der Waals surface area contributed by atoms with Crippen LogP contribution in [0.25, 0.3) is 0 Å². The van der Waals surface area contributed by atoms with Crippen LogP contribution in [0, 0.1) is 0 Å². The Morgan fingerprint density at radius 1 is 1.22 bits per heavy atom. The number of nitrogens with two attached hydrogens (primary N) is 1. The molecule has 1 amide bonds. The van der Waals surface area contributed by atoms with E-state index in [1.165, 1.54) is 0 Å². The van der Waals surface area contributed by atoms with Gasteiger partial charge in [-0.05, 0) is 23.8 Å². The fraction of sp³-hybridized carbons (Fsp3) is 0.0769. The van der Waals surface area contributed by atoms with Gasteiger partial charge in [0.25, 0.3) is 5.91 Å². The smallest absolute Gasteiger partial charge is 0.267 e. The second-order valence-electron chi connectivity index (χ2n) is 4.00. The largest absolute Gasteiger partial charge is 0.364 e. The van der Waals surface area contributed by atoms with Crippen molar-refractivity contribution < 1.29 is 4.79 Å². The molecular weight excluding hydrogens is 228 g/mol. The van der Waals surface area contributed by atoms with Crippen molar-refractivity contribution in [2.75, 3.05) is 0 Å². The van der Waals surface area contributed by atoms with E-state index in [-0.39, 0.29) is 0 Å². The number of nitrogens with zero attached hydrogens (tertiary/aromatic N) is 3. The standard InChI is InChI=1S/C13H10N4O/c14-13(18)12-9-6-11-10(5-8(9)7-17-12)15-3-1-2-4-16-11/h1-4,6-7H,5H2,(H2,14,18). The lowest BCUT2D eigenvalue weighted by Gasteiger charge is -2.15. The van der Waals surface area contributed by atoms with E-state index in [1.54, 1.807) is 24.7 Å². The highest BCUT2D eigenvalue weighted by atomic mass is 16.1. The topological polar surface area (TPSA) is 80.2 Å². The van der Waals surface area contributed by atoms with E-state index in [0.29, 0.717) is 12.1 Å². The molecule has 5 nitrogen and oxygen atoms in total. The minimum Gasteiger partial charge on any atom is -0.364 e. The number of hydrogen-bond donors (Lipinski definition) is 1. The number of primary amides is 1. The van der Waals surface area contributed by atoms with Gasteiger partial charge in [-0.25, -0.2) is 0 Å². The van der Waals surface area contributed by atoms with E-state index in [0.717, 1.165) is 22.5 Å². The van der Waals surface area contributed by atoms with Gasteiger partial charge in [-0.2, -0.15) is 0 Å². The van der Waals surface area contributed by atoms with E-state index in [4.69, 9.17) is 5.73 Å². The third-order valence-electron chi connectivity index (χ3n) is 2.85. The molecule has 3 rings (SSSR count). The van der Waals surface area contributed by atoms with Crippen LogP contribution in [0.4, 0.5) is 0 Å². The highest BCUT2D eigenvalue weighted by Gasteiger charge is 2.27. The normalized spacial score (nSPS) is 20.6. The van der Waals surface area contributed by atoms with Crippen LogP contribution >= 0.6 is 0 Å². The zero-order chi connectivity index (χ0) is 12.5. The molecule has 0 atom stereocenters. The Balaban J connectivity index is 2.06. The van der Waals surface area contributed by atoms with Crippen LogP contribution in [0.5, 0.6) is 0 Å². The molecular formula is C13H10N4O. The predicted octanol–water partition coefficient (Wildman–Crippen LogP) is 1.06. The SMILES string of the molecule is NC(=O)C1=NC=C2CC3=C(C=C21)N=CC=CC=N3. The number of amides is 1. The van der Waals surface area contributed by atoms with Crippen LogP contribution in [-0.2, 0) is 4.79 Å². The van der Waals surface area contributed by atoms with Gasteiger partial charge in [0.15, 0.2) is 0 Å². The van der Waals surface area contributed by atoms with Gasteiger partial charge in [0.05, 0.1) is 11.4 Å². The Labute approximate surface area is 104 Å². The van der Waals surface area contributed by atoms with Gasteiger partial charge >= 0.3 is 0 Å². The minimum atomic E-state index is -0.519. The molecule has 0 radical (unpaired) electrons. The first-order chi connectivity index (χ1) is 8.75. The summed E-state index contributed by atoms with van der Waals surface area (Å²) in [7, 11) is 0. The molecule has 0 fully saturated rings. The molecule has 18 heavy (non-hydrogen) atoms. The molecule has 88 valence electrons. The van der Waals surface area contributed by atoms with E-state index >= 15 is 0 Å². The average Bonchev–Trinajstić information content (AvgIpc) is 2.71. The summed E-state index contributed by atoms with van der Waals surface area (Å²) in [6.07, 6.45) is 11.1. The van der Waals surface area contributed by atoms with Crippen LogP contribution in [0.3, 0.4) is 0 Å². The number of hydrogen-bond acceptors (Lipinski definition) is 4. The summed E-state index contributed by atoms with van der Waals surface area (Å²) in [6.45, 7) is 0. The summed E-state index contributed by atoms with van der Waals surface area (Å²) in [5.41, 5.74) is 8.92. The lowest BCUT2D eigenvalue weighted by molar-refractivity contribution is -0.111. The lowest BCUT2D eigenvalue weighted by Crippen LogP contribution is -2.24. The van der Waals surface area contributed by atoms with Gasteiger partial charge in [-0.1, -0.05) is 0 Å². The van der Waals surface area contributed by atoms with Crippen molar-refractivity contribution in [3.8, 4) is 0 Å². The number of carbonyl (C=O) groups is 1. The van der Waals surface area contributed by atoms with Gasteiger partial charge < -0.3 is 5.73 Å². The molecule has 0 aromatic rings. The van der Waals surface area contributed by atoms with Gasteiger partial charge in [0.2, 0.25) is 0 Å². The van der Waals surface area contributed by atoms with Crippen molar-refractivity contribution in [1.29, 1.82) is 0 Å². The molecule has 0 bridgehead atoms. The van der Waals surface area contributed by atoms with Crippen molar-refractivity contribution in [1.82, 2.24) is 0 Å². The molecule has 5 heteroatoms. The highest BCUT2D eigenvalue weighted by molar-refractivity contribution is 6.47. The third kappa shape index (κ3) is 1.66. The maximum Gasteiger partial charge on any atom is 0.267 e. The molecule has 0 aromatic carbocycles. The van der Waals surface area contributed by atoms with Crippen molar-refractivity contribution in [3.63, 3.8) is 0 Å². The van der Waals surface area contributed by atoms with E-state index in [2.05, 4.69) is 15.0 Å². The number of aliphatic imine (C=N–C) groups is 3. The summed E-state index contributed by atoms with van der Waals surface area (Å²) >= 11 is 0. The zero-order valence-corrected chi connectivity index (χ0v) is 9.50. The van der Waals surface area contributed by atoms with Crippen molar-refractivity contribution in [2.45, 2.75) is 6.42 Å². The summed E-state index contributed by atoms with van der Waals surface area (Å²) < 4.78 is 0. The monoisotopic (exact) mass is 238 g/mol. The molecule has 0 aromatic heterocycles. The van der Waals surface area contributed by atoms with Crippen LogP contribution in [0.15, 0.2) is 61.9 Å². The number of rotatable bonds is 1. The van der Waals surface area contributed by atoms with E-state index < -0.39 is 5.91 Å². The Morgan fingerprint density at radius 2 is 2.00 bits per heavy atom. The van der Waals surface area contributed by atoms with Crippen molar-refractivity contribution in [2.24, 2.45) is 20.7 Å². The Hall–Kier alpha value is -2.56. The predicted molar refractivity (Wildman–Crippen MR) is 70.6 cm³/mol. The number of allylic oxidation sites excluding steroid dienone is 4. The second kappa shape index (κ2) is 4.03. The first-order valence-corrected chi connectivity index (χ1v) is 5.51. The first kappa shape index (κ1) is 10.6. The quantitative estimate of drug-likeness (QED) is 0.728. The molecule has 2 heterocycles. The van der Waals surface area contributed by atoms with E-state index in [1.807, 2.05) is 12.2 Å². The van der Waals surface area contributed by atoms with Gasteiger partial charge in [0.1, 0.15) is 5.71 Å². The van der Waals surface area contributed by atoms with Crippen LogP contribution < -0.4 is 5.73 Å². The fourth-order valence-corrected chi connectivity index (χ4v) is 2.00. The maximum atomic E-state index is 11.3. The molecule has 1 aliphatic carbocycles. The van der Waals surface area contributed by atoms with E-state index in [9.17, 15) is 4.79 Å². The molecule has 2 N–H and O–H groups in total. The molecule has 0 unspecified atom stereocenters. The fourth-order valence-electron chi connectivity index (χ4n) is 2.00. The Kier molecular flexibility index (Phi) is 2.37. The van der Waals surface area contributed by atoms with Crippen LogP contribution in [0.2, 0.25) is 0 Å². The minimum absolute atomic E-state index is 0.299. The zero-order valence-electron chi connectivity index (χ0n) is 9.50. The van der Waals surface area contributed by atoms with Gasteiger partial charge in [0, 0.05) is 30.6 Å². The molecule has 0 spiro atoms. The van der Waals surface area contributed by atoms with Crippen LogP contribution in [0.1, 0.15) is 6.42 Å². The Bertz CT molecular complexity index is 642. The summed E-state index contributed by atoms with van der Waals surface area (Å²) in [5.74, 6) is -0.519. The number of carbonyl (C=O) groups excluding carboxylic acids is 1. The van der Waals surface area contributed by atoms with Crippen molar-refractivity contribution >= 4 is 24.0 Å². The third-order valence-corrected chi connectivity index (χ3v) is 2.85. The van der Waals surface area contributed by atoms with Gasteiger partial charge in [-0.3, -0.25) is 19.8 Å². The Morgan fingerprint density at radius 3 is 2.78 bits per heavy atom. The first-order valence-electron chi connectivity index (χ1n) is 5.51. The van der Waals surface area contributed by atoms with Gasteiger partial charge in [-0.15, -0.1) is 0 Å². The molecule has 2 aliphatic heterocycles. The highest BCUT2D eigenvalue weighted by Crippen LogP contribution is 2.34. The van der Waals surface area contributed by atoms with Crippen molar-refractivity contribution in [3.05, 3.63) is 47.0 Å². The molecule has 0 saturated carbocycles. The maximum absolute atomic E-state index is 11.3. The summed E-state index contributed by atoms with van der Waals surface area (Å²) in [6, 6.07) is 0. The molecule has 0 saturated heterocycles. The summed E-state index contributed by atoms with van der Waals surface area (Å²) in [4.78, 5) is 24.0. The number of fused-ring (bicyclic) bond motifs is 1. The van der Waals surface area contributed by atoms with Crippen LogP contribution in [-0.4, -0.2) is 24.0 Å².